The number of nitrogens with zero attached hydrogens (tertiary/aromatic N) is 4. The Morgan fingerprint density at radius 3 is 2.58 bits per heavy atom. The highest BCUT2D eigenvalue weighted by molar-refractivity contribution is 5.80. The number of imidazole rings is 1. The third kappa shape index (κ3) is 2.23. The van der Waals surface area contributed by atoms with Crippen molar-refractivity contribution in [2.45, 2.75) is 6.92 Å². The normalized spacial score (nSPS) is 11.1. The van der Waals surface area contributed by atoms with Gasteiger partial charge in [-0.3, -0.25) is 4.98 Å². The monoisotopic (exact) mass is 322 g/mol. The maximum atomic E-state index is 13.5. The highest BCUT2D eigenvalue weighted by Crippen LogP contribution is 2.29. The molecule has 0 N–H and O–H groups in total. The van der Waals surface area contributed by atoms with Crippen LogP contribution in [0.3, 0.4) is 0 Å². The van der Waals surface area contributed by atoms with Gasteiger partial charge in [-0.25, -0.2) is 18.3 Å². The van der Waals surface area contributed by atoms with Crippen molar-refractivity contribution in [2.75, 3.05) is 0 Å². The molecule has 4 aromatic rings. The molecule has 118 valence electrons. The molecule has 4 rings (SSSR count). The Hall–Kier alpha value is -3.15. The summed E-state index contributed by atoms with van der Waals surface area (Å²) >= 11 is 0. The van der Waals surface area contributed by atoms with Crippen molar-refractivity contribution < 1.29 is 8.78 Å². The van der Waals surface area contributed by atoms with E-state index in [0.29, 0.717) is 16.9 Å². The zero-order chi connectivity index (χ0) is 16.7. The molecular weight excluding hydrogens is 310 g/mol. The Kier molecular flexibility index (Phi) is 3.30. The summed E-state index contributed by atoms with van der Waals surface area (Å²) in [6.07, 6.45) is 6.76. The van der Waals surface area contributed by atoms with Gasteiger partial charge in [-0.05, 0) is 42.8 Å². The van der Waals surface area contributed by atoms with Crippen molar-refractivity contribution in [1.29, 1.82) is 0 Å². The molecule has 24 heavy (non-hydrogen) atoms. The quantitative estimate of drug-likeness (QED) is 0.559. The third-order valence-electron chi connectivity index (χ3n) is 3.95. The second-order valence-corrected chi connectivity index (χ2v) is 5.44. The van der Waals surface area contributed by atoms with Crippen LogP contribution in [0, 0.1) is 18.6 Å². The summed E-state index contributed by atoms with van der Waals surface area (Å²) in [7, 11) is 0. The molecule has 0 aliphatic carbocycles. The van der Waals surface area contributed by atoms with Crippen LogP contribution in [0.1, 0.15) is 5.56 Å². The highest BCUT2D eigenvalue weighted by atomic mass is 19.2. The minimum atomic E-state index is -0.901. The number of aromatic nitrogens is 4. The van der Waals surface area contributed by atoms with Crippen LogP contribution in [-0.2, 0) is 0 Å². The van der Waals surface area contributed by atoms with Gasteiger partial charge in [-0.2, -0.15) is 5.10 Å². The summed E-state index contributed by atoms with van der Waals surface area (Å²) in [5.74, 6) is -1.78. The van der Waals surface area contributed by atoms with Gasteiger partial charge in [0.2, 0.25) is 0 Å². The van der Waals surface area contributed by atoms with Gasteiger partial charge < -0.3 is 0 Å². The average Bonchev–Trinajstić information content (AvgIpc) is 3.02. The van der Waals surface area contributed by atoms with E-state index < -0.39 is 11.6 Å². The lowest BCUT2D eigenvalue weighted by Gasteiger charge is -2.07. The van der Waals surface area contributed by atoms with Gasteiger partial charge in [-0.1, -0.05) is 0 Å². The Bertz CT molecular complexity index is 1060. The minimum absolute atomic E-state index is 0.508. The predicted molar refractivity (Wildman–Crippen MR) is 86.3 cm³/mol. The Labute approximate surface area is 136 Å². The van der Waals surface area contributed by atoms with Crippen molar-refractivity contribution in [1.82, 2.24) is 19.6 Å². The van der Waals surface area contributed by atoms with E-state index in [-0.39, 0.29) is 0 Å². The highest BCUT2D eigenvalue weighted by Gasteiger charge is 2.14. The van der Waals surface area contributed by atoms with E-state index in [1.54, 1.807) is 29.3 Å². The molecule has 0 unspecified atom stereocenters. The van der Waals surface area contributed by atoms with E-state index in [9.17, 15) is 8.78 Å². The summed E-state index contributed by atoms with van der Waals surface area (Å²) in [5.41, 5.74) is 4.63. The van der Waals surface area contributed by atoms with Gasteiger partial charge in [0, 0.05) is 35.3 Å². The largest absolute Gasteiger partial charge is 0.264 e. The lowest BCUT2D eigenvalue weighted by molar-refractivity contribution is 0.509. The first-order valence-electron chi connectivity index (χ1n) is 7.34. The first-order chi connectivity index (χ1) is 11.6. The van der Waals surface area contributed by atoms with Crippen LogP contribution in [0.2, 0.25) is 0 Å². The second kappa shape index (κ2) is 5.49. The van der Waals surface area contributed by atoms with Crippen molar-refractivity contribution in [2.24, 2.45) is 0 Å². The van der Waals surface area contributed by atoms with Crippen LogP contribution in [0.15, 0.2) is 55.1 Å². The molecule has 0 atom stereocenters. The van der Waals surface area contributed by atoms with E-state index in [0.717, 1.165) is 28.8 Å². The number of hydrogen-bond donors (Lipinski definition) is 0. The van der Waals surface area contributed by atoms with Crippen LogP contribution in [0.25, 0.3) is 28.0 Å². The van der Waals surface area contributed by atoms with Crippen molar-refractivity contribution in [3.05, 3.63) is 72.3 Å². The maximum absolute atomic E-state index is 13.5. The van der Waals surface area contributed by atoms with E-state index >= 15 is 0 Å². The van der Waals surface area contributed by atoms with Crippen LogP contribution in [0.5, 0.6) is 0 Å². The zero-order valence-electron chi connectivity index (χ0n) is 12.7. The molecule has 3 heterocycles. The molecule has 0 saturated heterocycles. The molecule has 0 amide bonds. The molecular formula is C18H12F2N4. The molecule has 0 radical (unpaired) electrons. The number of benzene rings is 1. The van der Waals surface area contributed by atoms with Gasteiger partial charge in [-0.15, -0.1) is 0 Å². The van der Waals surface area contributed by atoms with Gasteiger partial charge in [0.15, 0.2) is 17.3 Å². The van der Waals surface area contributed by atoms with Crippen molar-refractivity contribution in [3.8, 4) is 22.4 Å². The second-order valence-electron chi connectivity index (χ2n) is 5.44. The van der Waals surface area contributed by atoms with Crippen LogP contribution in [-0.4, -0.2) is 19.6 Å². The number of fused-ring (bicyclic) bond motifs is 1. The molecule has 0 aliphatic heterocycles. The van der Waals surface area contributed by atoms with Gasteiger partial charge in [0.05, 0.1) is 11.9 Å². The van der Waals surface area contributed by atoms with E-state index in [4.69, 9.17) is 0 Å². The van der Waals surface area contributed by atoms with Gasteiger partial charge in [0.1, 0.15) is 0 Å². The fourth-order valence-electron chi connectivity index (χ4n) is 2.70. The van der Waals surface area contributed by atoms with E-state index in [1.807, 2.05) is 19.1 Å². The first-order valence-corrected chi connectivity index (χ1v) is 7.34. The molecule has 0 aliphatic rings. The molecule has 0 spiro atoms. The summed E-state index contributed by atoms with van der Waals surface area (Å²) in [4.78, 5) is 8.59. The Balaban J connectivity index is 1.94. The smallest absolute Gasteiger partial charge is 0.162 e. The number of halogens is 2. The SMILES string of the molecule is Cc1ccncc1-c1ccnn2c(-c3ccc(F)c(F)c3)cnc12. The minimum Gasteiger partial charge on any atom is -0.264 e. The number of aryl methyl sites for hydroxylation is 1. The Morgan fingerprint density at radius 1 is 0.917 bits per heavy atom. The molecule has 0 fully saturated rings. The first kappa shape index (κ1) is 14.4. The van der Waals surface area contributed by atoms with E-state index in [1.165, 1.54) is 6.07 Å². The lowest BCUT2D eigenvalue weighted by Crippen LogP contribution is -1.97. The van der Waals surface area contributed by atoms with Crippen molar-refractivity contribution in [3.63, 3.8) is 0 Å². The predicted octanol–water partition coefficient (Wildman–Crippen LogP) is 4.04. The maximum Gasteiger partial charge on any atom is 0.162 e. The fourth-order valence-corrected chi connectivity index (χ4v) is 2.70. The fraction of sp³-hybridized carbons (Fsp3) is 0.0556. The average molecular weight is 322 g/mol. The topological polar surface area (TPSA) is 43.1 Å². The standard InChI is InChI=1S/C18H12F2N4/c1-11-4-6-21-9-14(11)13-5-7-23-24-17(10-22-18(13)24)12-2-3-15(19)16(20)8-12/h2-10H,1H3. The zero-order valence-corrected chi connectivity index (χ0v) is 12.7. The van der Waals surface area contributed by atoms with Crippen LogP contribution >= 0.6 is 0 Å². The Morgan fingerprint density at radius 2 is 1.79 bits per heavy atom. The molecule has 0 saturated carbocycles. The molecule has 1 aromatic carbocycles. The molecule has 4 nitrogen and oxygen atoms in total. The van der Waals surface area contributed by atoms with Crippen LogP contribution < -0.4 is 0 Å². The number of rotatable bonds is 2. The number of hydrogen-bond acceptors (Lipinski definition) is 3. The van der Waals surface area contributed by atoms with Crippen LogP contribution in [0.4, 0.5) is 8.78 Å². The molecule has 0 bridgehead atoms. The summed E-state index contributed by atoms with van der Waals surface area (Å²) in [6.45, 7) is 1.99. The summed E-state index contributed by atoms with van der Waals surface area (Å²) in [5, 5.41) is 4.30. The van der Waals surface area contributed by atoms with E-state index in [2.05, 4.69) is 15.1 Å². The molecule has 6 heteroatoms. The van der Waals surface area contributed by atoms with Crippen molar-refractivity contribution >= 4 is 5.65 Å². The third-order valence-corrected chi connectivity index (χ3v) is 3.95. The summed E-state index contributed by atoms with van der Waals surface area (Å²) < 4.78 is 28.3. The number of pyridine rings is 1. The lowest BCUT2D eigenvalue weighted by atomic mass is 10.1. The summed E-state index contributed by atoms with van der Waals surface area (Å²) in [6, 6.07) is 7.53. The van der Waals surface area contributed by atoms with Gasteiger partial charge >= 0.3 is 0 Å². The molecule has 3 aromatic heterocycles. The van der Waals surface area contributed by atoms with Gasteiger partial charge in [0.25, 0.3) is 0 Å².